The molecule has 0 radical (unpaired) electrons. The number of aliphatic carboxylic acids is 1. The van der Waals surface area contributed by atoms with E-state index in [1.807, 2.05) is 0 Å². The van der Waals surface area contributed by atoms with E-state index < -0.39 is 5.97 Å². The second-order valence-corrected chi connectivity index (χ2v) is 5.07. The van der Waals surface area contributed by atoms with Gasteiger partial charge in [0.1, 0.15) is 0 Å². The lowest BCUT2D eigenvalue weighted by Gasteiger charge is -2.35. The summed E-state index contributed by atoms with van der Waals surface area (Å²) >= 11 is 0. The predicted molar refractivity (Wildman–Crippen MR) is 50.4 cm³/mol. The molecule has 2 rings (SSSR count). The minimum Gasteiger partial charge on any atom is -0.481 e. The Morgan fingerprint density at radius 2 is 2.23 bits per heavy atom. The van der Waals surface area contributed by atoms with Crippen LogP contribution in [0.2, 0.25) is 0 Å². The van der Waals surface area contributed by atoms with E-state index in [4.69, 9.17) is 5.11 Å². The SMILES string of the molecule is C[C@]12CCCC[C@@H]1CC(C(=O)O)C2. The van der Waals surface area contributed by atoms with Gasteiger partial charge in [-0.05, 0) is 37.0 Å². The van der Waals surface area contributed by atoms with Gasteiger partial charge in [0.15, 0.2) is 0 Å². The number of carbonyl (C=O) groups is 1. The lowest BCUT2D eigenvalue weighted by molar-refractivity contribution is -0.141. The van der Waals surface area contributed by atoms with Gasteiger partial charge in [-0.25, -0.2) is 0 Å². The maximum atomic E-state index is 10.9. The molecule has 0 amide bonds. The zero-order valence-electron chi connectivity index (χ0n) is 8.25. The molecular weight excluding hydrogens is 164 g/mol. The van der Waals surface area contributed by atoms with E-state index in [0.717, 1.165) is 12.8 Å². The third-order valence-corrected chi connectivity index (χ3v) is 4.17. The number of rotatable bonds is 1. The van der Waals surface area contributed by atoms with Crippen LogP contribution in [0.4, 0.5) is 0 Å². The van der Waals surface area contributed by atoms with Crippen LogP contribution in [-0.2, 0) is 4.79 Å². The van der Waals surface area contributed by atoms with Crippen LogP contribution in [0.1, 0.15) is 45.4 Å². The van der Waals surface area contributed by atoms with Crippen molar-refractivity contribution in [3.05, 3.63) is 0 Å². The Hall–Kier alpha value is -0.530. The van der Waals surface area contributed by atoms with Crippen LogP contribution in [0.3, 0.4) is 0 Å². The molecule has 1 unspecified atom stereocenters. The molecule has 2 saturated carbocycles. The highest BCUT2D eigenvalue weighted by atomic mass is 16.4. The van der Waals surface area contributed by atoms with Crippen LogP contribution in [-0.4, -0.2) is 11.1 Å². The number of carboxylic acid groups (broad SMARTS) is 1. The zero-order valence-corrected chi connectivity index (χ0v) is 8.25. The minimum absolute atomic E-state index is 0.0481. The minimum atomic E-state index is -0.573. The third-order valence-electron chi connectivity index (χ3n) is 4.17. The number of fused-ring (bicyclic) bond motifs is 1. The molecule has 2 nitrogen and oxygen atoms in total. The third kappa shape index (κ3) is 1.47. The molecule has 0 aromatic carbocycles. The summed E-state index contributed by atoms with van der Waals surface area (Å²) < 4.78 is 0. The summed E-state index contributed by atoms with van der Waals surface area (Å²) in [5.41, 5.74) is 0.362. The zero-order chi connectivity index (χ0) is 9.47. The molecule has 2 heteroatoms. The summed E-state index contributed by atoms with van der Waals surface area (Å²) in [5.74, 6) is 0.0751. The molecule has 0 aliphatic heterocycles. The first-order valence-electron chi connectivity index (χ1n) is 5.35. The van der Waals surface area contributed by atoms with Gasteiger partial charge in [-0.15, -0.1) is 0 Å². The fraction of sp³-hybridized carbons (Fsp3) is 0.909. The highest BCUT2D eigenvalue weighted by Gasteiger charge is 2.46. The first kappa shape index (κ1) is 9.04. The van der Waals surface area contributed by atoms with Crippen molar-refractivity contribution < 1.29 is 9.90 Å². The molecule has 1 N–H and O–H groups in total. The van der Waals surface area contributed by atoms with Crippen LogP contribution < -0.4 is 0 Å². The highest BCUT2D eigenvalue weighted by Crippen LogP contribution is 2.54. The molecule has 3 atom stereocenters. The van der Waals surface area contributed by atoms with Gasteiger partial charge >= 0.3 is 5.97 Å². The average molecular weight is 182 g/mol. The predicted octanol–water partition coefficient (Wildman–Crippen LogP) is 2.68. The molecule has 13 heavy (non-hydrogen) atoms. The second kappa shape index (κ2) is 3.00. The standard InChI is InChI=1S/C11H18O2/c1-11-5-3-2-4-9(11)6-8(7-11)10(12)13/h8-9H,2-7H2,1H3,(H,12,13)/t8?,9-,11-/m1/s1. The van der Waals surface area contributed by atoms with Crippen molar-refractivity contribution in [2.45, 2.75) is 45.4 Å². The normalized spacial score (nSPS) is 44.4. The first-order valence-corrected chi connectivity index (χ1v) is 5.35. The van der Waals surface area contributed by atoms with Crippen molar-refractivity contribution in [2.24, 2.45) is 17.3 Å². The molecule has 0 heterocycles. The van der Waals surface area contributed by atoms with Gasteiger partial charge in [0.2, 0.25) is 0 Å². The van der Waals surface area contributed by atoms with Crippen LogP contribution in [0.15, 0.2) is 0 Å². The van der Waals surface area contributed by atoms with E-state index in [9.17, 15) is 4.79 Å². The Kier molecular flexibility index (Phi) is 2.09. The largest absolute Gasteiger partial charge is 0.481 e. The number of carboxylic acids is 1. The van der Waals surface area contributed by atoms with E-state index >= 15 is 0 Å². The molecule has 0 saturated heterocycles. The van der Waals surface area contributed by atoms with Crippen LogP contribution >= 0.6 is 0 Å². The monoisotopic (exact) mass is 182 g/mol. The molecule has 0 aromatic heterocycles. The van der Waals surface area contributed by atoms with Gasteiger partial charge < -0.3 is 5.11 Å². The average Bonchev–Trinajstić information content (AvgIpc) is 2.41. The van der Waals surface area contributed by atoms with Crippen molar-refractivity contribution in [3.8, 4) is 0 Å². The lowest BCUT2D eigenvalue weighted by atomic mass is 9.70. The van der Waals surface area contributed by atoms with Gasteiger partial charge in [0.05, 0.1) is 5.92 Å². The molecule has 2 fully saturated rings. The summed E-state index contributed by atoms with van der Waals surface area (Å²) in [6, 6.07) is 0. The van der Waals surface area contributed by atoms with Crippen LogP contribution in [0, 0.1) is 17.3 Å². The fourth-order valence-corrected chi connectivity index (χ4v) is 3.32. The van der Waals surface area contributed by atoms with Gasteiger partial charge in [-0.1, -0.05) is 19.8 Å². The van der Waals surface area contributed by atoms with Gasteiger partial charge in [0.25, 0.3) is 0 Å². The lowest BCUT2D eigenvalue weighted by Crippen LogP contribution is -2.25. The van der Waals surface area contributed by atoms with Crippen molar-refractivity contribution in [3.63, 3.8) is 0 Å². The topological polar surface area (TPSA) is 37.3 Å². The Labute approximate surface area is 79.3 Å². The maximum absolute atomic E-state index is 10.9. The van der Waals surface area contributed by atoms with Gasteiger partial charge in [0, 0.05) is 0 Å². The van der Waals surface area contributed by atoms with Crippen molar-refractivity contribution in [1.29, 1.82) is 0 Å². The van der Waals surface area contributed by atoms with Crippen molar-refractivity contribution in [1.82, 2.24) is 0 Å². The van der Waals surface area contributed by atoms with Crippen molar-refractivity contribution in [2.75, 3.05) is 0 Å². The fourth-order valence-electron chi connectivity index (χ4n) is 3.32. The Morgan fingerprint density at radius 3 is 2.85 bits per heavy atom. The second-order valence-electron chi connectivity index (χ2n) is 5.07. The smallest absolute Gasteiger partial charge is 0.306 e. The summed E-state index contributed by atoms with van der Waals surface area (Å²) in [5, 5.41) is 8.97. The molecule has 2 aliphatic carbocycles. The number of hydrogen-bond donors (Lipinski definition) is 1. The van der Waals surface area contributed by atoms with E-state index in [1.165, 1.54) is 25.7 Å². The van der Waals surface area contributed by atoms with E-state index in [-0.39, 0.29) is 5.92 Å². The number of hydrogen-bond acceptors (Lipinski definition) is 1. The molecule has 0 spiro atoms. The van der Waals surface area contributed by atoms with Gasteiger partial charge in [-0.3, -0.25) is 4.79 Å². The van der Waals surface area contributed by atoms with Crippen molar-refractivity contribution >= 4 is 5.97 Å². The molecule has 0 aromatic rings. The van der Waals surface area contributed by atoms with Crippen LogP contribution in [0.25, 0.3) is 0 Å². The molecule has 74 valence electrons. The Balaban J connectivity index is 2.10. The molecule has 2 aliphatic rings. The van der Waals surface area contributed by atoms with Crippen LogP contribution in [0.5, 0.6) is 0 Å². The van der Waals surface area contributed by atoms with E-state index in [1.54, 1.807) is 0 Å². The Morgan fingerprint density at radius 1 is 1.46 bits per heavy atom. The highest BCUT2D eigenvalue weighted by molar-refractivity contribution is 5.70. The Bertz CT molecular complexity index is 224. The first-order chi connectivity index (χ1) is 6.12. The summed E-state index contributed by atoms with van der Waals surface area (Å²) in [6.45, 7) is 2.29. The quantitative estimate of drug-likeness (QED) is 0.677. The molecular formula is C11H18O2. The maximum Gasteiger partial charge on any atom is 0.306 e. The van der Waals surface area contributed by atoms with E-state index in [2.05, 4.69) is 6.92 Å². The van der Waals surface area contributed by atoms with Gasteiger partial charge in [-0.2, -0.15) is 0 Å². The van der Waals surface area contributed by atoms with E-state index in [0.29, 0.717) is 11.3 Å². The molecule has 0 bridgehead atoms. The summed E-state index contributed by atoms with van der Waals surface area (Å²) in [4.78, 5) is 10.9. The summed E-state index contributed by atoms with van der Waals surface area (Å²) in [6.07, 6.45) is 6.99. The summed E-state index contributed by atoms with van der Waals surface area (Å²) in [7, 11) is 0.